The summed E-state index contributed by atoms with van der Waals surface area (Å²) in [7, 11) is 1.40. The lowest BCUT2D eigenvalue weighted by atomic mass is 9.77. The van der Waals surface area contributed by atoms with Crippen LogP contribution in [0.5, 0.6) is 5.75 Å². The third kappa shape index (κ3) is 4.16. The second-order valence-electron chi connectivity index (χ2n) is 7.54. The Balaban J connectivity index is 1.70. The van der Waals surface area contributed by atoms with Gasteiger partial charge in [0.25, 0.3) is 5.91 Å². The van der Waals surface area contributed by atoms with Crippen LogP contribution in [0.15, 0.2) is 18.2 Å². The largest absolute Gasteiger partial charge is 0.494 e. The van der Waals surface area contributed by atoms with Gasteiger partial charge in [-0.25, -0.2) is 4.39 Å². The number of methoxy groups -OCH3 is 1. The number of hydrogen-bond acceptors (Lipinski definition) is 5. The molecule has 1 aromatic rings. The van der Waals surface area contributed by atoms with E-state index in [1.54, 1.807) is 6.07 Å². The summed E-state index contributed by atoms with van der Waals surface area (Å²) < 4.78 is 30.6. The van der Waals surface area contributed by atoms with Gasteiger partial charge in [0.05, 0.1) is 20.3 Å². The first-order valence-electron chi connectivity index (χ1n) is 10.1. The van der Waals surface area contributed by atoms with Crippen LogP contribution >= 0.6 is 0 Å². The molecule has 6 nitrogen and oxygen atoms in total. The van der Waals surface area contributed by atoms with E-state index in [4.69, 9.17) is 14.2 Å². The SMILES string of the molecule is CCN(CC)C1(CNC(=O)c2ccc(OC)c(F)c2)CCC2(CC1)OCCO2. The van der Waals surface area contributed by atoms with Crippen LogP contribution in [0, 0.1) is 5.82 Å². The highest BCUT2D eigenvalue weighted by atomic mass is 19.1. The number of halogens is 1. The Hall–Kier alpha value is -1.70. The first-order chi connectivity index (χ1) is 13.5. The van der Waals surface area contributed by atoms with Gasteiger partial charge in [0.1, 0.15) is 0 Å². The fraction of sp³-hybridized carbons (Fsp3) is 0.667. The van der Waals surface area contributed by atoms with Crippen molar-refractivity contribution in [2.24, 2.45) is 0 Å². The smallest absolute Gasteiger partial charge is 0.251 e. The minimum atomic E-state index is -0.538. The van der Waals surface area contributed by atoms with E-state index in [1.165, 1.54) is 19.2 Å². The van der Waals surface area contributed by atoms with Gasteiger partial charge in [-0.2, -0.15) is 0 Å². The zero-order chi connectivity index (χ0) is 20.2. The monoisotopic (exact) mass is 394 g/mol. The van der Waals surface area contributed by atoms with E-state index in [-0.39, 0.29) is 17.2 Å². The van der Waals surface area contributed by atoms with Crippen molar-refractivity contribution in [3.8, 4) is 5.75 Å². The molecule has 2 aliphatic rings. The molecule has 156 valence electrons. The summed E-state index contributed by atoms with van der Waals surface area (Å²) in [5.41, 5.74) is 0.146. The molecule has 1 saturated heterocycles. The molecule has 1 aromatic carbocycles. The summed E-state index contributed by atoms with van der Waals surface area (Å²) in [4.78, 5) is 15.1. The fourth-order valence-electron chi connectivity index (χ4n) is 4.54. The molecular weight excluding hydrogens is 363 g/mol. The van der Waals surface area contributed by atoms with Crippen LogP contribution in [-0.4, -0.2) is 62.1 Å². The molecule has 1 heterocycles. The number of carbonyl (C=O) groups is 1. The van der Waals surface area contributed by atoms with Gasteiger partial charge in [-0.1, -0.05) is 13.8 Å². The van der Waals surface area contributed by atoms with Gasteiger partial charge in [0.15, 0.2) is 17.4 Å². The Bertz CT molecular complexity index is 677. The van der Waals surface area contributed by atoms with Crippen LogP contribution in [0.25, 0.3) is 0 Å². The second kappa shape index (κ2) is 8.76. The van der Waals surface area contributed by atoms with E-state index in [0.717, 1.165) is 38.8 Å². The van der Waals surface area contributed by atoms with Crippen LogP contribution in [0.3, 0.4) is 0 Å². The number of benzene rings is 1. The summed E-state index contributed by atoms with van der Waals surface area (Å²) in [5, 5.41) is 3.03. The van der Waals surface area contributed by atoms with Gasteiger partial charge in [0, 0.05) is 30.5 Å². The number of carbonyl (C=O) groups excluding carboxylic acids is 1. The zero-order valence-electron chi connectivity index (χ0n) is 17.1. The van der Waals surface area contributed by atoms with Gasteiger partial charge in [-0.05, 0) is 44.1 Å². The molecule has 0 aromatic heterocycles. The highest BCUT2D eigenvalue weighted by Gasteiger charge is 2.48. The Labute approximate surface area is 166 Å². The molecule has 1 aliphatic carbocycles. The predicted octanol–water partition coefficient (Wildman–Crippen LogP) is 2.96. The van der Waals surface area contributed by atoms with Crippen molar-refractivity contribution < 1.29 is 23.4 Å². The average molecular weight is 394 g/mol. The summed E-state index contributed by atoms with van der Waals surface area (Å²) in [6.07, 6.45) is 3.39. The number of nitrogens with zero attached hydrogens (tertiary/aromatic N) is 1. The molecule has 0 radical (unpaired) electrons. The molecule has 1 aliphatic heterocycles. The molecule has 0 bridgehead atoms. The van der Waals surface area contributed by atoms with Crippen LogP contribution in [0.1, 0.15) is 49.9 Å². The lowest BCUT2D eigenvalue weighted by Gasteiger charge is -2.49. The van der Waals surface area contributed by atoms with Gasteiger partial charge in [-0.3, -0.25) is 9.69 Å². The Morgan fingerprint density at radius 3 is 2.36 bits per heavy atom. The molecule has 28 heavy (non-hydrogen) atoms. The lowest BCUT2D eigenvalue weighted by Crippen LogP contribution is -2.59. The number of amides is 1. The first kappa shape index (κ1) is 21.0. The van der Waals surface area contributed by atoms with E-state index >= 15 is 0 Å². The third-order valence-electron chi connectivity index (χ3n) is 6.18. The average Bonchev–Trinajstić information content (AvgIpc) is 3.17. The van der Waals surface area contributed by atoms with Crippen molar-refractivity contribution in [3.05, 3.63) is 29.6 Å². The molecule has 0 unspecified atom stereocenters. The third-order valence-corrected chi connectivity index (χ3v) is 6.18. The highest BCUT2D eigenvalue weighted by molar-refractivity contribution is 5.94. The zero-order valence-corrected chi connectivity index (χ0v) is 17.1. The Kier molecular flexibility index (Phi) is 6.58. The van der Waals surface area contributed by atoms with Crippen LogP contribution in [0.2, 0.25) is 0 Å². The number of likely N-dealkylation sites (N-methyl/N-ethyl adjacent to an activating group) is 1. The molecule has 1 N–H and O–H groups in total. The maximum absolute atomic E-state index is 13.9. The quantitative estimate of drug-likeness (QED) is 0.771. The summed E-state index contributed by atoms with van der Waals surface area (Å²) in [5.74, 6) is -1.13. The molecule has 1 saturated carbocycles. The molecular formula is C21H31FN2O4. The van der Waals surface area contributed by atoms with E-state index in [9.17, 15) is 9.18 Å². The Morgan fingerprint density at radius 2 is 1.82 bits per heavy atom. The lowest BCUT2D eigenvalue weighted by molar-refractivity contribution is -0.193. The molecule has 0 atom stereocenters. The van der Waals surface area contributed by atoms with E-state index in [2.05, 4.69) is 24.1 Å². The fourth-order valence-corrected chi connectivity index (χ4v) is 4.54. The van der Waals surface area contributed by atoms with Crippen molar-refractivity contribution in [3.63, 3.8) is 0 Å². The van der Waals surface area contributed by atoms with Crippen LogP contribution in [0.4, 0.5) is 4.39 Å². The number of rotatable bonds is 7. The minimum absolute atomic E-state index is 0.130. The summed E-state index contributed by atoms with van der Waals surface area (Å²) in [6, 6.07) is 4.27. The molecule has 7 heteroatoms. The van der Waals surface area contributed by atoms with Crippen molar-refractivity contribution in [2.75, 3.05) is 40.0 Å². The maximum atomic E-state index is 13.9. The van der Waals surface area contributed by atoms with Gasteiger partial charge in [0.2, 0.25) is 0 Å². The first-order valence-corrected chi connectivity index (χ1v) is 10.1. The van der Waals surface area contributed by atoms with Crippen LogP contribution < -0.4 is 10.1 Å². The minimum Gasteiger partial charge on any atom is -0.494 e. The highest BCUT2D eigenvalue weighted by Crippen LogP contribution is 2.42. The van der Waals surface area contributed by atoms with E-state index < -0.39 is 11.6 Å². The number of nitrogens with one attached hydrogen (secondary N) is 1. The summed E-state index contributed by atoms with van der Waals surface area (Å²) in [6.45, 7) is 7.89. The molecule has 1 spiro atoms. The van der Waals surface area contributed by atoms with Crippen LogP contribution in [-0.2, 0) is 9.47 Å². The van der Waals surface area contributed by atoms with Crippen molar-refractivity contribution >= 4 is 5.91 Å². The van der Waals surface area contributed by atoms with Crippen molar-refractivity contribution in [2.45, 2.75) is 50.9 Å². The predicted molar refractivity (Wildman–Crippen MR) is 104 cm³/mol. The molecule has 3 rings (SSSR count). The molecule has 1 amide bonds. The standard InChI is InChI=1S/C21H31FN2O4/c1-4-24(5-2)20(8-10-21(11-9-20)27-12-13-28-21)15-23-19(25)16-6-7-18(26-3)17(22)14-16/h6-7,14H,4-5,8-13,15H2,1-3H3,(H,23,25). The number of hydrogen-bond donors (Lipinski definition) is 1. The van der Waals surface area contributed by atoms with Gasteiger partial charge >= 0.3 is 0 Å². The molecule has 2 fully saturated rings. The van der Waals surface area contributed by atoms with E-state index in [1.807, 2.05) is 0 Å². The van der Waals surface area contributed by atoms with Gasteiger partial charge in [-0.15, -0.1) is 0 Å². The Morgan fingerprint density at radius 1 is 1.18 bits per heavy atom. The van der Waals surface area contributed by atoms with Crippen molar-refractivity contribution in [1.29, 1.82) is 0 Å². The topological polar surface area (TPSA) is 60.0 Å². The normalized spacial score (nSPS) is 20.5. The number of ether oxygens (including phenoxy) is 3. The second-order valence-corrected chi connectivity index (χ2v) is 7.54. The van der Waals surface area contributed by atoms with Gasteiger partial charge < -0.3 is 19.5 Å². The van der Waals surface area contributed by atoms with Crippen molar-refractivity contribution in [1.82, 2.24) is 10.2 Å². The van der Waals surface area contributed by atoms with E-state index in [0.29, 0.717) is 25.3 Å². The maximum Gasteiger partial charge on any atom is 0.251 e. The summed E-state index contributed by atoms with van der Waals surface area (Å²) >= 11 is 0.